The molecule has 208 valence electrons. The summed E-state index contributed by atoms with van der Waals surface area (Å²) in [6, 6.07) is 8.16. The van der Waals surface area contributed by atoms with Crippen LogP contribution in [0, 0.1) is 11.6 Å². The summed E-state index contributed by atoms with van der Waals surface area (Å²) in [7, 11) is 5.27. The van der Waals surface area contributed by atoms with E-state index < -0.39 is 35.3 Å². The number of ether oxygens (including phenoxy) is 5. The Morgan fingerprint density at radius 2 is 1.33 bits per heavy atom. The second kappa shape index (κ2) is 11.4. The molecule has 39 heavy (non-hydrogen) atoms. The molecule has 10 nitrogen and oxygen atoms in total. The van der Waals surface area contributed by atoms with Gasteiger partial charge in [0.05, 0.1) is 39.5 Å². The van der Waals surface area contributed by atoms with E-state index in [1.807, 2.05) is 0 Å². The summed E-state index contributed by atoms with van der Waals surface area (Å²) < 4.78 is 53.2. The van der Waals surface area contributed by atoms with Gasteiger partial charge in [-0.15, -0.1) is 0 Å². The Morgan fingerprint density at radius 3 is 1.87 bits per heavy atom. The number of nitrogens with zero attached hydrogens (tertiary/aromatic N) is 1. The van der Waals surface area contributed by atoms with E-state index in [0.717, 1.165) is 4.57 Å². The van der Waals surface area contributed by atoms with Crippen molar-refractivity contribution in [3.05, 3.63) is 59.4 Å². The molecular formula is C27H28F2N2O8. The van der Waals surface area contributed by atoms with Crippen molar-refractivity contribution < 1.29 is 46.8 Å². The summed E-state index contributed by atoms with van der Waals surface area (Å²) in [4.78, 5) is 38.4. The Hall–Kier alpha value is -4.61. The highest BCUT2D eigenvalue weighted by molar-refractivity contribution is 6.02. The first-order valence-corrected chi connectivity index (χ1v) is 11.5. The van der Waals surface area contributed by atoms with Gasteiger partial charge in [0.1, 0.15) is 40.1 Å². The molecule has 0 unspecified atom stereocenters. The first-order valence-electron chi connectivity index (χ1n) is 11.5. The van der Waals surface area contributed by atoms with Crippen LogP contribution in [0.2, 0.25) is 0 Å². The van der Waals surface area contributed by atoms with Crippen molar-refractivity contribution in [3.8, 4) is 11.5 Å². The first kappa shape index (κ1) is 29.0. The first-order chi connectivity index (χ1) is 18.3. The van der Waals surface area contributed by atoms with Gasteiger partial charge in [-0.1, -0.05) is 0 Å². The van der Waals surface area contributed by atoms with Crippen LogP contribution in [0.15, 0.2) is 36.4 Å². The summed E-state index contributed by atoms with van der Waals surface area (Å²) >= 11 is 0. The van der Waals surface area contributed by atoms with E-state index in [-0.39, 0.29) is 28.0 Å². The number of fused-ring (bicyclic) bond motifs is 2. The zero-order valence-electron chi connectivity index (χ0n) is 22.4. The van der Waals surface area contributed by atoms with E-state index in [1.165, 1.54) is 58.8 Å². The molecular weight excluding hydrogens is 518 g/mol. The van der Waals surface area contributed by atoms with E-state index in [2.05, 4.69) is 14.5 Å². The van der Waals surface area contributed by atoms with Crippen LogP contribution in [0.25, 0.3) is 21.8 Å². The molecule has 4 rings (SSSR count). The van der Waals surface area contributed by atoms with Gasteiger partial charge >= 0.3 is 18.0 Å². The van der Waals surface area contributed by atoms with Crippen LogP contribution >= 0.6 is 0 Å². The summed E-state index contributed by atoms with van der Waals surface area (Å²) in [5.74, 6) is -1.76. The molecule has 0 saturated heterocycles. The largest absolute Gasteiger partial charge is 0.497 e. The minimum atomic E-state index is -0.805. The molecule has 0 bridgehead atoms. The number of halogens is 2. The fraction of sp³-hybridized carbons (Fsp3) is 0.296. The predicted molar refractivity (Wildman–Crippen MR) is 138 cm³/mol. The lowest BCUT2D eigenvalue weighted by atomic mass is 10.2. The molecule has 0 aliphatic heterocycles. The number of rotatable bonds is 4. The van der Waals surface area contributed by atoms with Gasteiger partial charge in [-0.25, -0.2) is 27.7 Å². The van der Waals surface area contributed by atoms with Crippen molar-refractivity contribution in [2.75, 3.05) is 28.4 Å². The minimum Gasteiger partial charge on any atom is -0.497 e. The molecule has 2 heterocycles. The SMILES string of the molecule is COC(=O)c1cc2c(F)cc(OC)cc2[nH]1.COC(=O)c1cc2c(F)cc(OC)cc2n1C(=O)OC(C)(C)C. The normalized spacial score (nSPS) is 11.0. The van der Waals surface area contributed by atoms with E-state index in [1.54, 1.807) is 26.8 Å². The maximum absolute atomic E-state index is 14.2. The fourth-order valence-corrected chi connectivity index (χ4v) is 3.62. The van der Waals surface area contributed by atoms with E-state index in [0.29, 0.717) is 16.7 Å². The Morgan fingerprint density at radius 1 is 0.769 bits per heavy atom. The van der Waals surface area contributed by atoms with Crippen molar-refractivity contribution in [1.82, 2.24) is 9.55 Å². The van der Waals surface area contributed by atoms with Gasteiger partial charge in [-0.3, -0.25) is 0 Å². The van der Waals surface area contributed by atoms with Gasteiger partial charge in [0.25, 0.3) is 0 Å². The molecule has 2 aromatic carbocycles. The van der Waals surface area contributed by atoms with Crippen LogP contribution in [0.1, 0.15) is 41.7 Å². The van der Waals surface area contributed by atoms with Gasteiger partial charge in [0.15, 0.2) is 0 Å². The Labute approximate surface area is 222 Å². The molecule has 0 saturated carbocycles. The quantitative estimate of drug-likeness (QED) is 0.265. The van der Waals surface area contributed by atoms with E-state index >= 15 is 0 Å². The standard InChI is InChI=1S/C16H18FNO5.C11H10FNO3/c1-16(2,3)23-15(20)18-12-7-9(21-4)6-11(17)10(12)8-13(18)14(19)22-5;1-15-6-3-8(12)7-5-10(11(14)16-2)13-9(7)4-6/h6-8H,1-5H3;3-5,13H,1-2H3. The average Bonchev–Trinajstić information content (AvgIpc) is 3.49. The highest BCUT2D eigenvalue weighted by Gasteiger charge is 2.27. The smallest absolute Gasteiger partial charge is 0.419 e. The maximum atomic E-state index is 14.2. The summed E-state index contributed by atoms with van der Waals surface area (Å²) in [6.45, 7) is 5.07. The lowest BCUT2D eigenvalue weighted by Crippen LogP contribution is -2.29. The number of aromatic nitrogens is 2. The third kappa shape index (κ3) is 6.28. The third-order valence-electron chi connectivity index (χ3n) is 5.35. The van der Waals surface area contributed by atoms with Crippen molar-refractivity contribution in [3.63, 3.8) is 0 Å². The van der Waals surface area contributed by atoms with E-state index in [4.69, 9.17) is 14.2 Å². The Balaban J connectivity index is 0.000000230. The Kier molecular flexibility index (Phi) is 8.48. The van der Waals surface area contributed by atoms with Gasteiger partial charge in [-0.05, 0) is 32.9 Å². The van der Waals surface area contributed by atoms with Crippen LogP contribution in [-0.2, 0) is 14.2 Å². The summed E-state index contributed by atoms with van der Waals surface area (Å²) in [6.07, 6.45) is -0.805. The highest BCUT2D eigenvalue weighted by atomic mass is 19.1. The van der Waals surface area contributed by atoms with Gasteiger partial charge in [0.2, 0.25) is 0 Å². The number of hydrogen-bond donors (Lipinski definition) is 1. The monoisotopic (exact) mass is 546 g/mol. The summed E-state index contributed by atoms with van der Waals surface area (Å²) in [5, 5.41) is 0.429. The number of carbonyl (C=O) groups excluding carboxylic acids is 3. The fourth-order valence-electron chi connectivity index (χ4n) is 3.62. The maximum Gasteiger partial charge on any atom is 0.419 e. The molecule has 1 N–H and O–H groups in total. The topological polar surface area (TPSA) is 118 Å². The number of benzene rings is 2. The number of hydrogen-bond acceptors (Lipinski definition) is 8. The zero-order valence-corrected chi connectivity index (χ0v) is 22.4. The van der Waals surface area contributed by atoms with Gasteiger partial charge < -0.3 is 28.7 Å². The molecule has 0 aliphatic carbocycles. The zero-order chi connectivity index (χ0) is 29.1. The number of esters is 2. The number of carbonyl (C=O) groups is 3. The number of H-pyrrole nitrogens is 1. The number of nitrogens with one attached hydrogen (secondary N) is 1. The van der Waals surface area contributed by atoms with Crippen molar-refractivity contribution in [2.45, 2.75) is 26.4 Å². The van der Waals surface area contributed by atoms with Crippen molar-refractivity contribution in [1.29, 1.82) is 0 Å². The lowest BCUT2D eigenvalue weighted by molar-refractivity contribution is 0.0489. The predicted octanol–water partition coefficient (Wildman–Crippen LogP) is 5.46. The molecule has 0 aliphatic rings. The molecule has 0 fully saturated rings. The van der Waals surface area contributed by atoms with E-state index in [9.17, 15) is 23.2 Å². The van der Waals surface area contributed by atoms with Crippen molar-refractivity contribution in [2.24, 2.45) is 0 Å². The Bertz CT molecular complexity index is 1550. The van der Waals surface area contributed by atoms with Crippen LogP contribution in [0.4, 0.5) is 13.6 Å². The van der Waals surface area contributed by atoms with Crippen LogP contribution < -0.4 is 9.47 Å². The number of methoxy groups -OCH3 is 4. The van der Waals surface area contributed by atoms with Crippen molar-refractivity contribution >= 4 is 39.8 Å². The molecule has 2 aromatic heterocycles. The third-order valence-corrected chi connectivity index (χ3v) is 5.35. The van der Waals surface area contributed by atoms with Crippen LogP contribution in [-0.4, -0.2) is 61.6 Å². The molecule has 0 amide bonds. The van der Waals surface area contributed by atoms with Crippen LogP contribution in [0.3, 0.4) is 0 Å². The second-order valence-corrected chi connectivity index (χ2v) is 9.12. The van der Waals surface area contributed by atoms with Crippen LogP contribution in [0.5, 0.6) is 11.5 Å². The second-order valence-electron chi connectivity index (χ2n) is 9.12. The molecule has 4 aromatic rings. The highest BCUT2D eigenvalue weighted by Crippen LogP contribution is 2.29. The minimum absolute atomic E-state index is 0.0945. The molecule has 0 radical (unpaired) electrons. The average molecular weight is 547 g/mol. The van der Waals surface area contributed by atoms with Gasteiger partial charge in [-0.2, -0.15) is 0 Å². The molecule has 0 atom stereocenters. The summed E-state index contributed by atoms with van der Waals surface area (Å²) in [5.41, 5.74) is -0.0272. The lowest BCUT2D eigenvalue weighted by Gasteiger charge is -2.20. The number of aromatic amines is 1. The molecule has 0 spiro atoms. The van der Waals surface area contributed by atoms with Gasteiger partial charge in [0, 0.05) is 35.0 Å². The molecule has 12 heteroatoms.